The Bertz CT molecular complexity index is 737. The van der Waals surface area contributed by atoms with Crippen molar-refractivity contribution in [2.45, 2.75) is 70.2 Å². The lowest BCUT2D eigenvalue weighted by molar-refractivity contribution is -0.137. The first-order chi connectivity index (χ1) is 15.2. The van der Waals surface area contributed by atoms with Crippen molar-refractivity contribution in [3.63, 3.8) is 0 Å². The van der Waals surface area contributed by atoms with Crippen molar-refractivity contribution in [1.82, 2.24) is 16.0 Å². The van der Waals surface area contributed by atoms with Gasteiger partial charge in [-0.2, -0.15) is 13.2 Å². The van der Waals surface area contributed by atoms with Gasteiger partial charge in [-0.25, -0.2) is 0 Å². The lowest BCUT2D eigenvalue weighted by atomic mass is 9.89. The molecule has 1 aliphatic carbocycles. The van der Waals surface area contributed by atoms with E-state index in [4.69, 9.17) is 0 Å². The lowest BCUT2D eigenvalue weighted by Gasteiger charge is -2.27. The van der Waals surface area contributed by atoms with E-state index < -0.39 is 42.2 Å². The molecule has 4 N–H and O–H groups in total. The Balaban J connectivity index is 1.85. The average molecular weight is 458 g/mol. The van der Waals surface area contributed by atoms with Gasteiger partial charge in [-0.05, 0) is 49.9 Å². The second kappa shape index (κ2) is 12.8. The maximum absolute atomic E-state index is 12.8. The summed E-state index contributed by atoms with van der Waals surface area (Å²) < 4.78 is 38.5. The third kappa shape index (κ3) is 8.78. The molecule has 1 saturated carbocycles. The zero-order chi connectivity index (χ0) is 23.6. The van der Waals surface area contributed by atoms with Crippen LogP contribution in [0.3, 0.4) is 0 Å². The van der Waals surface area contributed by atoms with Gasteiger partial charge in [0.2, 0.25) is 5.91 Å². The van der Waals surface area contributed by atoms with E-state index in [0.717, 1.165) is 31.2 Å². The number of hydrogen-bond acceptors (Lipinski definition) is 4. The van der Waals surface area contributed by atoms with Gasteiger partial charge in [-0.3, -0.25) is 9.59 Å². The van der Waals surface area contributed by atoms with Crippen molar-refractivity contribution in [2.75, 3.05) is 19.6 Å². The van der Waals surface area contributed by atoms with Crippen LogP contribution in [0.4, 0.5) is 13.2 Å². The number of hydrogen-bond donors (Lipinski definition) is 4. The molecule has 2 amide bonds. The van der Waals surface area contributed by atoms with E-state index in [1.807, 2.05) is 6.92 Å². The smallest absolute Gasteiger partial charge is 0.391 e. The number of rotatable bonds is 11. The van der Waals surface area contributed by atoms with Gasteiger partial charge < -0.3 is 21.1 Å². The minimum Gasteiger partial charge on any atom is -0.391 e. The molecular weight excluding hydrogens is 423 g/mol. The van der Waals surface area contributed by atoms with E-state index in [9.17, 15) is 27.9 Å². The normalized spacial score (nSPS) is 16.9. The summed E-state index contributed by atoms with van der Waals surface area (Å²) in [7, 11) is 0. The molecule has 1 aliphatic rings. The van der Waals surface area contributed by atoms with Crippen LogP contribution in [-0.4, -0.2) is 48.7 Å². The van der Waals surface area contributed by atoms with Gasteiger partial charge >= 0.3 is 6.18 Å². The molecule has 0 heterocycles. The Labute approximate surface area is 187 Å². The summed E-state index contributed by atoms with van der Waals surface area (Å²) in [5.41, 5.74) is -1.11. The molecule has 0 aliphatic heterocycles. The summed E-state index contributed by atoms with van der Waals surface area (Å²) in [6.45, 7) is 2.78. The fourth-order valence-electron chi connectivity index (χ4n) is 3.97. The molecule has 1 aromatic carbocycles. The number of aliphatic hydroxyl groups excluding tert-OH is 1. The fraction of sp³-hybridized carbons (Fsp3) is 0.652. The molecule has 1 aromatic rings. The van der Waals surface area contributed by atoms with Crippen molar-refractivity contribution in [1.29, 1.82) is 0 Å². The molecule has 9 heteroatoms. The van der Waals surface area contributed by atoms with Crippen LogP contribution in [0.5, 0.6) is 0 Å². The summed E-state index contributed by atoms with van der Waals surface area (Å²) in [6, 6.07) is 3.51. The highest BCUT2D eigenvalue weighted by Crippen LogP contribution is 2.29. The third-order valence-electron chi connectivity index (χ3n) is 5.78. The number of carbonyl (C=O) groups excluding carboxylic acids is 2. The largest absolute Gasteiger partial charge is 0.416 e. The number of aliphatic hydroxyl groups is 1. The predicted octanol–water partition coefficient (Wildman–Crippen LogP) is 3.25. The molecule has 0 spiro atoms. The van der Waals surface area contributed by atoms with E-state index in [-0.39, 0.29) is 5.56 Å². The SMILES string of the molecule is CCC[C@H](O)[C@H](CNCC1CCCCC1)NC(=O)CNC(=O)c1cccc(C(F)(F)F)c1. The average Bonchev–Trinajstić information content (AvgIpc) is 2.77. The van der Waals surface area contributed by atoms with Crippen LogP contribution in [0, 0.1) is 5.92 Å². The summed E-state index contributed by atoms with van der Waals surface area (Å²) >= 11 is 0. The first kappa shape index (κ1) is 26.1. The standard InChI is InChI=1S/C23H34F3N3O3/c1-2-7-20(30)19(14-27-13-16-8-4-3-5-9-16)29-21(31)15-28-22(32)17-10-6-11-18(12-17)23(24,25)26/h6,10-12,16,19-20,27,30H,2-5,7-9,13-15H2,1H3,(H,28,32)(H,29,31)/t19-,20-/m0/s1. The van der Waals surface area contributed by atoms with Gasteiger partial charge in [-0.15, -0.1) is 0 Å². The lowest BCUT2D eigenvalue weighted by Crippen LogP contribution is -2.52. The third-order valence-corrected chi connectivity index (χ3v) is 5.78. The molecule has 32 heavy (non-hydrogen) atoms. The molecule has 0 aromatic heterocycles. The van der Waals surface area contributed by atoms with Crippen molar-refractivity contribution in [3.8, 4) is 0 Å². The van der Waals surface area contributed by atoms with Crippen molar-refractivity contribution < 1.29 is 27.9 Å². The Morgan fingerprint density at radius 3 is 2.56 bits per heavy atom. The molecule has 180 valence electrons. The van der Waals surface area contributed by atoms with Crippen LogP contribution in [-0.2, 0) is 11.0 Å². The number of alkyl halides is 3. The maximum atomic E-state index is 12.8. The van der Waals surface area contributed by atoms with Gasteiger partial charge in [0.05, 0.1) is 24.3 Å². The zero-order valence-electron chi connectivity index (χ0n) is 18.5. The summed E-state index contributed by atoms with van der Waals surface area (Å²) in [4.78, 5) is 24.5. The highest BCUT2D eigenvalue weighted by molar-refractivity contribution is 5.96. The molecule has 2 atom stereocenters. The van der Waals surface area contributed by atoms with Crippen LogP contribution >= 0.6 is 0 Å². The van der Waals surface area contributed by atoms with Gasteiger partial charge in [-0.1, -0.05) is 38.7 Å². The second-order valence-electron chi connectivity index (χ2n) is 8.45. The van der Waals surface area contributed by atoms with Crippen LogP contribution < -0.4 is 16.0 Å². The molecule has 2 rings (SSSR count). The van der Waals surface area contributed by atoms with Crippen LogP contribution in [0.25, 0.3) is 0 Å². The Morgan fingerprint density at radius 1 is 1.19 bits per heavy atom. The Hall–Kier alpha value is -2.13. The van der Waals surface area contributed by atoms with E-state index in [0.29, 0.717) is 18.9 Å². The Kier molecular flexibility index (Phi) is 10.4. The monoisotopic (exact) mass is 457 g/mol. The van der Waals surface area contributed by atoms with Gasteiger partial charge in [0.25, 0.3) is 5.91 Å². The quantitative estimate of drug-likeness (QED) is 0.411. The zero-order valence-corrected chi connectivity index (χ0v) is 18.5. The van der Waals surface area contributed by atoms with Crippen LogP contribution in [0.1, 0.15) is 67.8 Å². The minimum absolute atomic E-state index is 0.177. The van der Waals surface area contributed by atoms with Crippen LogP contribution in [0.2, 0.25) is 0 Å². The van der Waals surface area contributed by atoms with Crippen molar-refractivity contribution in [2.24, 2.45) is 5.92 Å². The van der Waals surface area contributed by atoms with Gasteiger partial charge in [0, 0.05) is 12.1 Å². The van der Waals surface area contributed by atoms with Crippen molar-refractivity contribution >= 4 is 11.8 Å². The summed E-state index contributed by atoms with van der Waals surface area (Å²) in [5.74, 6) is -0.674. The molecule has 0 unspecified atom stereocenters. The minimum atomic E-state index is -4.55. The number of benzene rings is 1. The number of amides is 2. The molecule has 6 nitrogen and oxygen atoms in total. The Morgan fingerprint density at radius 2 is 1.91 bits per heavy atom. The van der Waals surface area contributed by atoms with Gasteiger partial charge in [0.15, 0.2) is 0 Å². The van der Waals surface area contributed by atoms with E-state index in [1.54, 1.807) is 0 Å². The number of halogens is 3. The summed E-state index contributed by atoms with van der Waals surface area (Å²) in [5, 5.41) is 18.8. The summed E-state index contributed by atoms with van der Waals surface area (Å²) in [6.07, 6.45) is 2.09. The van der Waals surface area contributed by atoms with E-state index in [2.05, 4.69) is 16.0 Å². The molecule has 0 bridgehead atoms. The molecule has 1 fully saturated rings. The molecular formula is C23H34F3N3O3. The van der Waals surface area contributed by atoms with Crippen LogP contribution in [0.15, 0.2) is 24.3 Å². The highest BCUT2D eigenvalue weighted by Gasteiger charge is 2.31. The first-order valence-corrected chi connectivity index (χ1v) is 11.3. The van der Waals surface area contributed by atoms with Gasteiger partial charge in [0.1, 0.15) is 0 Å². The number of carbonyl (C=O) groups is 2. The number of nitrogens with one attached hydrogen (secondary N) is 3. The fourth-order valence-corrected chi connectivity index (χ4v) is 3.97. The molecule has 0 radical (unpaired) electrons. The predicted molar refractivity (Wildman–Crippen MR) is 116 cm³/mol. The topological polar surface area (TPSA) is 90.5 Å². The van der Waals surface area contributed by atoms with E-state index >= 15 is 0 Å². The highest BCUT2D eigenvalue weighted by atomic mass is 19.4. The molecule has 0 saturated heterocycles. The second-order valence-corrected chi connectivity index (χ2v) is 8.45. The van der Waals surface area contributed by atoms with E-state index in [1.165, 1.54) is 38.2 Å². The first-order valence-electron chi connectivity index (χ1n) is 11.3. The van der Waals surface area contributed by atoms with Crippen molar-refractivity contribution in [3.05, 3.63) is 35.4 Å². The maximum Gasteiger partial charge on any atom is 0.416 e.